The SMILES string of the molecule is CCNC(=O)[C@H]1O[C@@H](C2C=Nc3c(NC)nc(CNC(=O)NCCN4CCCCC4)nc32)[C@H](O)[C@@H]1O.CCNC(=O)[C@H]1O[C@@H](C2C=Nc3c(NC)nc(CNS(=O)(=O)Cc4ccccc4)nc32)[C@H](O)[C@@H]1O. The molecule has 1 aromatic carbocycles. The van der Waals surface area contributed by atoms with Crippen LogP contribution in [0.2, 0.25) is 0 Å². The van der Waals surface area contributed by atoms with Gasteiger partial charge in [-0.2, -0.15) is 0 Å². The number of nitrogens with zero attached hydrogens (tertiary/aromatic N) is 7. The number of piperidine rings is 1. The van der Waals surface area contributed by atoms with Crippen LogP contribution in [0, 0.1) is 0 Å². The van der Waals surface area contributed by atoms with Crippen molar-refractivity contribution in [3.63, 3.8) is 0 Å². The van der Waals surface area contributed by atoms with E-state index < -0.39 is 82.5 Å². The molecule has 2 aromatic heterocycles. The first-order valence-electron chi connectivity index (χ1n) is 23.8. The van der Waals surface area contributed by atoms with Gasteiger partial charge in [-0.05, 0) is 45.3 Å². The number of rotatable bonds is 18. The van der Waals surface area contributed by atoms with Gasteiger partial charge < -0.3 is 66.7 Å². The summed E-state index contributed by atoms with van der Waals surface area (Å²) in [6, 6.07) is 8.48. The smallest absolute Gasteiger partial charge is 0.315 e. The minimum atomic E-state index is -3.66. The molecular weight excluding hydrogens is 945 g/mol. The Morgan fingerprint density at radius 2 is 1.18 bits per heavy atom. The molecule has 26 heteroatoms. The summed E-state index contributed by atoms with van der Waals surface area (Å²) in [4.78, 5) is 65.7. The lowest BCUT2D eigenvalue weighted by Crippen LogP contribution is -2.42. The highest BCUT2D eigenvalue weighted by Crippen LogP contribution is 2.43. The summed E-state index contributed by atoms with van der Waals surface area (Å²) in [6.07, 6.45) is -3.01. The summed E-state index contributed by atoms with van der Waals surface area (Å²) in [6.45, 7) is 7.66. The molecule has 5 aliphatic heterocycles. The van der Waals surface area contributed by atoms with Crippen LogP contribution >= 0.6 is 0 Å². The number of likely N-dealkylation sites (N-methyl/N-ethyl adjacent to an activating group) is 2. The second kappa shape index (κ2) is 24.1. The third-order valence-electron chi connectivity index (χ3n) is 12.5. The average molecular weight is 1010 g/mol. The first-order chi connectivity index (χ1) is 34.2. The van der Waals surface area contributed by atoms with Gasteiger partial charge in [0.1, 0.15) is 59.6 Å². The zero-order chi connectivity index (χ0) is 50.8. The second-order valence-electron chi connectivity index (χ2n) is 17.4. The Morgan fingerprint density at radius 3 is 1.68 bits per heavy atom. The molecule has 3 fully saturated rings. The molecule has 71 heavy (non-hydrogen) atoms. The molecule has 4 amide bonds. The Balaban J connectivity index is 0.000000209. The fraction of sp³-hybridized carbons (Fsp3) is 0.578. The maximum Gasteiger partial charge on any atom is 0.315 e. The lowest BCUT2D eigenvalue weighted by molar-refractivity contribution is -0.136. The van der Waals surface area contributed by atoms with E-state index in [9.17, 15) is 43.2 Å². The largest absolute Gasteiger partial charge is 0.388 e. The third kappa shape index (κ3) is 12.6. The number of nitrogens with one attached hydrogen (secondary N) is 7. The molecule has 3 aromatic rings. The molecular formula is C45H64N14O11S. The van der Waals surface area contributed by atoms with Gasteiger partial charge in [-0.15, -0.1) is 0 Å². The molecule has 0 radical (unpaired) electrons. The number of hydrogen-bond donors (Lipinski definition) is 11. The Kier molecular flexibility index (Phi) is 17.9. The van der Waals surface area contributed by atoms with Crippen LogP contribution in [0.5, 0.6) is 0 Å². The van der Waals surface area contributed by atoms with Crippen molar-refractivity contribution in [2.75, 3.05) is 64.0 Å². The first kappa shape index (κ1) is 53.0. The summed E-state index contributed by atoms with van der Waals surface area (Å²) in [5.74, 6) is -1.10. The Bertz CT molecular complexity index is 2520. The zero-order valence-electron chi connectivity index (χ0n) is 40.0. The van der Waals surface area contributed by atoms with Gasteiger partial charge in [-0.25, -0.2) is 37.9 Å². The van der Waals surface area contributed by atoms with Crippen LogP contribution in [0.3, 0.4) is 0 Å². The molecule has 0 aliphatic carbocycles. The minimum Gasteiger partial charge on any atom is -0.388 e. The van der Waals surface area contributed by atoms with Crippen molar-refractivity contribution in [1.82, 2.24) is 50.8 Å². The number of aliphatic imine (C=N–C) groups is 2. The van der Waals surface area contributed by atoms with E-state index in [-0.39, 0.29) is 30.7 Å². The summed E-state index contributed by atoms with van der Waals surface area (Å²) < 4.78 is 39.1. The minimum absolute atomic E-state index is 0.0858. The van der Waals surface area contributed by atoms with Gasteiger partial charge >= 0.3 is 6.03 Å². The maximum atomic E-state index is 12.5. The maximum absolute atomic E-state index is 12.5. The molecule has 25 nitrogen and oxygen atoms in total. The number of aliphatic hydroxyl groups is 4. The molecule has 0 bridgehead atoms. The standard InChI is InChI=1S/C23H36N8O5.C22H28N6O6S/c1-3-25-22(34)20-18(33)17(32)19(36-20)13-11-27-16-15(13)29-14(30-21(16)24-2)12-28-23(35)26-7-10-31-8-5-4-6-9-31;1-3-24-22(31)20-18(30)17(29)19(34-20)13-9-25-16-15(13)27-14(28-21(16)23-2)10-26-35(32,33)11-12-7-5-4-6-8-12/h11,13,17-20,32-33H,3-10,12H2,1-2H3,(H,25,34)(H,24,29,30)(H2,26,28,35);4-9,13,17-20,26,29-30H,3,10-11H2,1-2H3,(H,24,31)(H,23,27,28)/t2*13?,17-,18+,19+,20+/m11/s1. The lowest BCUT2D eigenvalue weighted by Gasteiger charge is -2.26. The van der Waals surface area contributed by atoms with E-state index in [0.29, 0.717) is 65.4 Å². The van der Waals surface area contributed by atoms with E-state index >= 15 is 0 Å². The average Bonchev–Trinajstić information content (AvgIpc) is 4.14. The van der Waals surface area contributed by atoms with Crippen molar-refractivity contribution in [2.24, 2.45) is 9.98 Å². The molecule has 7 heterocycles. The number of aromatic nitrogens is 4. The molecule has 3 saturated heterocycles. The van der Waals surface area contributed by atoms with Crippen LogP contribution < -0.4 is 36.6 Å². The van der Waals surface area contributed by atoms with Crippen LogP contribution in [-0.4, -0.2) is 186 Å². The number of amides is 4. The van der Waals surface area contributed by atoms with Crippen molar-refractivity contribution in [2.45, 2.75) is 113 Å². The first-order valence-corrected chi connectivity index (χ1v) is 25.4. The van der Waals surface area contributed by atoms with Crippen LogP contribution in [0.25, 0.3) is 0 Å². The fourth-order valence-electron chi connectivity index (χ4n) is 8.93. The summed E-state index contributed by atoms with van der Waals surface area (Å²) in [5, 5.41) is 58.8. The number of carbonyl (C=O) groups excluding carboxylic acids is 3. The highest BCUT2D eigenvalue weighted by Gasteiger charge is 2.52. The predicted octanol–water partition coefficient (Wildman–Crippen LogP) is -1.21. The molecule has 8 rings (SSSR count). The molecule has 0 saturated carbocycles. The van der Waals surface area contributed by atoms with E-state index in [0.717, 1.165) is 19.6 Å². The Labute approximate surface area is 411 Å². The summed E-state index contributed by atoms with van der Waals surface area (Å²) >= 11 is 0. The quantitative estimate of drug-likeness (QED) is 0.0712. The van der Waals surface area contributed by atoms with Gasteiger partial charge in [0.2, 0.25) is 10.0 Å². The van der Waals surface area contributed by atoms with Crippen molar-refractivity contribution in [3.8, 4) is 0 Å². The van der Waals surface area contributed by atoms with Gasteiger partial charge in [-0.1, -0.05) is 36.8 Å². The zero-order valence-corrected chi connectivity index (χ0v) is 40.8. The molecule has 5 aliphatic rings. The van der Waals surface area contributed by atoms with Crippen LogP contribution in [-0.2, 0) is 47.9 Å². The number of aliphatic hydroxyl groups excluding tert-OH is 4. The molecule has 386 valence electrons. The number of likely N-dealkylation sites (tertiary alicyclic amines) is 1. The number of benzene rings is 1. The van der Waals surface area contributed by atoms with Crippen LogP contribution in [0.1, 0.15) is 73.5 Å². The van der Waals surface area contributed by atoms with Crippen molar-refractivity contribution < 1.29 is 52.7 Å². The highest BCUT2D eigenvalue weighted by atomic mass is 32.2. The van der Waals surface area contributed by atoms with Crippen LogP contribution in [0.15, 0.2) is 40.3 Å². The van der Waals surface area contributed by atoms with Gasteiger partial charge in [0.05, 0.1) is 42.1 Å². The number of carbonyl (C=O) groups is 3. The predicted molar refractivity (Wildman–Crippen MR) is 260 cm³/mol. The second-order valence-corrected chi connectivity index (χ2v) is 19.2. The molecule has 2 unspecified atom stereocenters. The van der Waals surface area contributed by atoms with Gasteiger partial charge in [0.15, 0.2) is 23.8 Å². The number of fused-ring (bicyclic) bond motifs is 2. The third-order valence-corrected chi connectivity index (χ3v) is 13.8. The van der Waals surface area contributed by atoms with Gasteiger partial charge in [0, 0.05) is 52.7 Å². The monoisotopic (exact) mass is 1010 g/mol. The van der Waals surface area contributed by atoms with Crippen LogP contribution in [0.4, 0.5) is 27.8 Å². The topological polar surface area (TPSA) is 348 Å². The number of ether oxygens (including phenoxy) is 2. The van der Waals surface area contributed by atoms with Crippen molar-refractivity contribution in [1.29, 1.82) is 0 Å². The highest BCUT2D eigenvalue weighted by molar-refractivity contribution is 7.88. The Morgan fingerprint density at radius 1 is 0.676 bits per heavy atom. The fourth-order valence-corrected chi connectivity index (χ4v) is 10.0. The number of urea groups is 1. The van der Waals surface area contributed by atoms with E-state index in [1.165, 1.54) is 25.5 Å². The van der Waals surface area contributed by atoms with Gasteiger partial charge in [0.25, 0.3) is 11.8 Å². The number of anilines is 2. The number of hydrogen-bond acceptors (Lipinski definition) is 20. The van der Waals surface area contributed by atoms with Crippen molar-refractivity contribution >= 4 is 63.3 Å². The molecule has 0 spiro atoms. The van der Waals surface area contributed by atoms with E-state index in [2.05, 4.69) is 71.4 Å². The van der Waals surface area contributed by atoms with Crippen molar-refractivity contribution in [3.05, 3.63) is 58.9 Å². The lowest BCUT2D eigenvalue weighted by atomic mass is 9.94. The van der Waals surface area contributed by atoms with E-state index in [1.54, 1.807) is 58.4 Å². The Hall–Kier alpha value is -5.84. The normalized spacial score (nSPS) is 26.5. The van der Waals surface area contributed by atoms with E-state index in [4.69, 9.17) is 9.47 Å². The summed E-state index contributed by atoms with van der Waals surface area (Å²) in [7, 11) is -0.314. The number of sulfonamides is 1. The van der Waals surface area contributed by atoms with Gasteiger partial charge in [-0.3, -0.25) is 19.6 Å². The van der Waals surface area contributed by atoms with E-state index in [1.807, 2.05) is 6.07 Å². The molecule has 11 N–H and O–H groups in total. The molecule has 10 atom stereocenters. The summed E-state index contributed by atoms with van der Waals surface area (Å²) in [5.41, 5.74) is 2.44.